The summed E-state index contributed by atoms with van der Waals surface area (Å²) >= 11 is 0. The smallest absolute Gasteiger partial charge is 0.421 e. The van der Waals surface area contributed by atoms with Gasteiger partial charge in [0.1, 0.15) is 22.4 Å². The molecule has 0 saturated heterocycles. The molecule has 0 amide bonds. The van der Waals surface area contributed by atoms with Crippen LogP contribution in [0.1, 0.15) is 6.92 Å². The summed E-state index contributed by atoms with van der Waals surface area (Å²) < 4.78 is 92.5. The Morgan fingerprint density at radius 2 is 1.51 bits per heavy atom. The zero-order valence-electron chi connectivity index (χ0n) is 18.5. The predicted molar refractivity (Wildman–Crippen MR) is 116 cm³/mol. The number of imidazole rings is 2. The summed E-state index contributed by atoms with van der Waals surface area (Å²) in [6.45, 7) is 1.72. The minimum atomic E-state index is -4.86. The minimum absolute atomic E-state index is 0.146. The van der Waals surface area contributed by atoms with E-state index in [4.69, 9.17) is 0 Å². The first-order valence-corrected chi connectivity index (χ1v) is 11.6. The molecule has 13 heteroatoms. The number of aryl methyl sites for hydroxylation is 1. The van der Waals surface area contributed by atoms with Gasteiger partial charge in [-0.05, 0) is 24.3 Å². The van der Waals surface area contributed by atoms with E-state index >= 15 is 0 Å². The average Bonchev–Trinajstić information content (AvgIpc) is 3.29. The molecule has 0 radical (unpaired) electrons. The molecule has 0 saturated carbocycles. The van der Waals surface area contributed by atoms with Gasteiger partial charge in [-0.3, -0.25) is 4.21 Å². The van der Waals surface area contributed by atoms with E-state index in [2.05, 4.69) is 19.4 Å². The van der Waals surface area contributed by atoms with Gasteiger partial charge in [-0.15, -0.1) is 0 Å². The molecule has 0 N–H and O–H groups in total. The van der Waals surface area contributed by atoms with Gasteiger partial charge in [-0.1, -0.05) is 6.92 Å². The highest BCUT2D eigenvalue weighted by molar-refractivity contribution is 7.85. The highest BCUT2D eigenvalue weighted by atomic mass is 32.2. The molecule has 7 nitrogen and oxygen atoms in total. The van der Waals surface area contributed by atoms with E-state index in [9.17, 15) is 26.2 Å². The molecule has 0 bridgehead atoms. The van der Waals surface area contributed by atoms with Crippen molar-refractivity contribution < 1.29 is 35.6 Å². The Hall–Kier alpha value is -3.48. The highest BCUT2D eigenvalue weighted by Crippen LogP contribution is 2.48. The van der Waals surface area contributed by atoms with Crippen LogP contribution in [-0.2, 0) is 24.9 Å². The van der Waals surface area contributed by atoms with Gasteiger partial charge in [-0.2, -0.15) is 17.6 Å². The largest absolute Gasteiger partial charge is 0.507 e. The summed E-state index contributed by atoms with van der Waals surface area (Å²) in [6.07, 6.45) is -9.72. The van der Waals surface area contributed by atoms with Gasteiger partial charge in [0.2, 0.25) is 0 Å². The number of hydrogen-bond donors (Lipinski definition) is 0. The molecule has 1 atom stereocenters. The lowest BCUT2D eigenvalue weighted by Crippen LogP contribution is -2.52. The summed E-state index contributed by atoms with van der Waals surface area (Å²) in [7, 11) is 1.73. The number of hydrogen-bond acceptors (Lipinski definition) is 5. The zero-order valence-corrected chi connectivity index (χ0v) is 19.3. The molecule has 0 spiro atoms. The fourth-order valence-corrected chi connectivity index (χ4v) is 4.87. The van der Waals surface area contributed by atoms with E-state index in [1.54, 1.807) is 25.6 Å². The first-order chi connectivity index (χ1) is 16.4. The lowest BCUT2D eigenvalue weighted by Gasteiger charge is -2.31. The lowest BCUT2D eigenvalue weighted by atomic mass is 10.2. The van der Waals surface area contributed by atoms with Crippen LogP contribution in [0, 0.1) is 5.82 Å². The van der Waals surface area contributed by atoms with Gasteiger partial charge in [0.15, 0.2) is 17.3 Å². The maximum Gasteiger partial charge on any atom is 0.507 e. The van der Waals surface area contributed by atoms with E-state index in [1.165, 1.54) is 28.8 Å². The Morgan fingerprint density at radius 3 is 2.11 bits per heavy atom. The number of benzene rings is 2. The third-order valence-electron chi connectivity index (χ3n) is 5.60. The van der Waals surface area contributed by atoms with Gasteiger partial charge >= 0.3 is 12.2 Å². The van der Waals surface area contributed by atoms with Crippen molar-refractivity contribution in [1.82, 2.24) is 19.1 Å². The number of fused-ring (bicyclic) bond motifs is 2. The SMILES string of the molecule is CCS(=O)c1c(-c2nc3cc4c(cc3n2C)OC(F)(F)C(F)(F)O4)nc(-c2ccc(F)cc2)n1C. The van der Waals surface area contributed by atoms with E-state index in [-0.39, 0.29) is 28.3 Å². The van der Waals surface area contributed by atoms with Crippen LogP contribution in [0.4, 0.5) is 22.0 Å². The number of alkyl halides is 4. The van der Waals surface area contributed by atoms with Gasteiger partial charge in [0.25, 0.3) is 0 Å². The topological polar surface area (TPSA) is 71.2 Å². The number of aromatic nitrogens is 4. The maximum atomic E-state index is 13.7. The van der Waals surface area contributed by atoms with Crippen LogP contribution >= 0.6 is 0 Å². The highest BCUT2D eigenvalue weighted by Gasteiger charge is 2.66. The van der Waals surface area contributed by atoms with Crippen LogP contribution in [0.2, 0.25) is 0 Å². The van der Waals surface area contributed by atoms with Crippen molar-refractivity contribution in [2.75, 3.05) is 5.75 Å². The molecule has 2 aromatic carbocycles. The van der Waals surface area contributed by atoms with Crippen LogP contribution in [0.3, 0.4) is 0 Å². The first-order valence-electron chi connectivity index (χ1n) is 10.3. The Bertz CT molecular complexity index is 1500. The van der Waals surface area contributed by atoms with Crippen molar-refractivity contribution in [3.8, 4) is 34.4 Å². The van der Waals surface area contributed by atoms with E-state index in [1.807, 2.05) is 0 Å². The monoisotopic (exact) mass is 512 g/mol. The van der Waals surface area contributed by atoms with Crippen LogP contribution in [0.5, 0.6) is 11.5 Å². The molecule has 1 unspecified atom stereocenters. The summed E-state index contributed by atoms with van der Waals surface area (Å²) in [5.41, 5.74) is 1.22. The molecular formula is C22H17F5N4O3S. The summed E-state index contributed by atoms with van der Waals surface area (Å²) in [5, 5.41) is 0.334. The predicted octanol–water partition coefficient (Wildman–Crippen LogP) is 4.86. The molecule has 184 valence electrons. The van der Waals surface area contributed by atoms with Crippen molar-refractivity contribution in [2.45, 2.75) is 24.2 Å². The molecule has 5 rings (SSSR count). The number of ether oxygens (including phenoxy) is 2. The van der Waals surface area contributed by atoms with Gasteiger partial charge < -0.3 is 18.6 Å². The quantitative estimate of drug-likeness (QED) is 0.365. The number of halogens is 5. The number of rotatable bonds is 4. The third kappa shape index (κ3) is 3.56. The lowest BCUT2D eigenvalue weighted by molar-refractivity contribution is -0.391. The molecular weight excluding hydrogens is 495 g/mol. The molecule has 4 aromatic rings. The molecule has 0 aliphatic carbocycles. The van der Waals surface area contributed by atoms with E-state index < -0.39 is 40.3 Å². The van der Waals surface area contributed by atoms with Crippen LogP contribution in [0.25, 0.3) is 33.9 Å². The summed E-state index contributed by atoms with van der Waals surface area (Å²) in [5.74, 6) is -0.729. The van der Waals surface area contributed by atoms with E-state index in [0.717, 1.165) is 12.1 Å². The van der Waals surface area contributed by atoms with Crippen molar-refractivity contribution in [3.05, 3.63) is 42.2 Å². The van der Waals surface area contributed by atoms with Crippen molar-refractivity contribution >= 4 is 21.8 Å². The molecule has 35 heavy (non-hydrogen) atoms. The molecule has 0 fully saturated rings. The Balaban J connectivity index is 1.70. The maximum absolute atomic E-state index is 13.7. The van der Waals surface area contributed by atoms with Crippen molar-refractivity contribution in [3.63, 3.8) is 0 Å². The Labute approximate surface area is 197 Å². The van der Waals surface area contributed by atoms with Gasteiger partial charge in [0, 0.05) is 37.5 Å². The Kier molecular flexibility index (Phi) is 5.16. The summed E-state index contributed by atoms with van der Waals surface area (Å²) in [4.78, 5) is 9.05. The molecule has 3 heterocycles. The van der Waals surface area contributed by atoms with Crippen LogP contribution in [-0.4, -0.2) is 41.3 Å². The van der Waals surface area contributed by atoms with Crippen LogP contribution < -0.4 is 9.47 Å². The molecule has 1 aliphatic rings. The van der Waals surface area contributed by atoms with Crippen molar-refractivity contribution in [2.24, 2.45) is 14.1 Å². The third-order valence-corrected chi connectivity index (χ3v) is 7.02. The first kappa shape index (κ1) is 23.3. The normalized spacial score (nSPS) is 17.0. The molecule has 2 aromatic heterocycles. The second-order valence-electron chi connectivity index (χ2n) is 7.81. The second kappa shape index (κ2) is 7.77. The zero-order chi connectivity index (χ0) is 25.3. The second-order valence-corrected chi connectivity index (χ2v) is 9.46. The standard InChI is InChI=1S/C22H17F5N4O3S/c1-4-35(32)20-17(29-18(31(20)3)11-5-7-12(23)8-6-11)19-28-13-9-15-16(10-14(13)30(19)2)34-22(26,27)21(24,25)33-15/h5-10H,4H2,1-3H3. The summed E-state index contributed by atoms with van der Waals surface area (Å²) in [6, 6.07) is 7.77. The fourth-order valence-electron chi connectivity index (χ4n) is 3.85. The van der Waals surface area contributed by atoms with E-state index in [0.29, 0.717) is 16.4 Å². The van der Waals surface area contributed by atoms with Gasteiger partial charge in [-0.25, -0.2) is 14.4 Å². The minimum Gasteiger partial charge on any atom is -0.421 e. The molecule has 1 aliphatic heterocycles. The van der Waals surface area contributed by atoms with Gasteiger partial charge in [0.05, 0.1) is 21.8 Å². The fraction of sp³-hybridized carbons (Fsp3) is 0.273. The Morgan fingerprint density at radius 1 is 0.914 bits per heavy atom. The van der Waals surface area contributed by atoms with Crippen molar-refractivity contribution in [1.29, 1.82) is 0 Å². The van der Waals surface area contributed by atoms with Crippen LogP contribution in [0.15, 0.2) is 41.4 Å². The number of nitrogens with zero attached hydrogens (tertiary/aromatic N) is 4. The average molecular weight is 512 g/mol.